The molecule has 3 rings (SSSR count). The van der Waals surface area contributed by atoms with Crippen LogP contribution in [0.4, 0.5) is 0 Å². The first kappa shape index (κ1) is 10.8. The first-order valence-electron chi connectivity index (χ1n) is 5.81. The summed E-state index contributed by atoms with van der Waals surface area (Å²) in [5.74, 6) is -0.334. The lowest BCUT2D eigenvalue weighted by Gasteiger charge is -2.11. The van der Waals surface area contributed by atoms with Crippen LogP contribution in [0.1, 0.15) is 27.0 Å². The molecule has 1 aliphatic rings. The molecular formula is C16H11O2-. The number of aryl methyl sites for hydroxylation is 1. The highest BCUT2D eigenvalue weighted by Crippen LogP contribution is 2.34. The average molecular weight is 235 g/mol. The summed E-state index contributed by atoms with van der Waals surface area (Å²) < 4.78 is 0. The van der Waals surface area contributed by atoms with Crippen LogP contribution in [0.3, 0.4) is 0 Å². The van der Waals surface area contributed by atoms with Gasteiger partial charge in [0.25, 0.3) is 0 Å². The van der Waals surface area contributed by atoms with E-state index >= 15 is 0 Å². The summed E-state index contributed by atoms with van der Waals surface area (Å²) in [6, 6.07) is 14.4. The van der Waals surface area contributed by atoms with E-state index in [1.165, 1.54) is 0 Å². The molecule has 0 saturated carbocycles. The monoisotopic (exact) mass is 235 g/mol. The quantitative estimate of drug-likeness (QED) is 0.761. The van der Waals surface area contributed by atoms with Crippen molar-refractivity contribution in [3.05, 3.63) is 70.8 Å². The van der Waals surface area contributed by atoms with Crippen LogP contribution in [0.2, 0.25) is 0 Å². The Balaban J connectivity index is 2.18. The SMILES string of the molecule is Cc1ccc(C2=C([O-])c3ccccc3C2=O)cc1. The number of fused-ring (bicyclic) bond motifs is 1. The van der Waals surface area contributed by atoms with E-state index in [1.807, 2.05) is 31.2 Å². The van der Waals surface area contributed by atoms with Crippen molar-refractivity contribution in [1.29, 1.82) is 0 Å². The van der Waals surface area contributed by atoms with Crippen molar-refractivity contribution in [3.8, 4) is 0 Å². The summed E-state index contributed by atoms with van der Waals surface area (Å²) in [6.07, 6.45) is 0. The van der Waals surface area contributed by atoms with E-state index in [1.54, 1.807) is 24.3 Å². The van der Waals surface area contributed by atoms with Crippen LogP contribution < -0.4 is 5.11 Å². The van der Waals surface area contributed by atoms with Crippen LogP contribution >= 0.6 is 0 Å². The second-order valence-corrected chi connectivity index (χ2v) is 4.44. The number of hydrogen-bond donors (Lipinski definition) is 0. The van der Waals surface area contributed by atoms with Gasteiger partial charge in [0.2, 0.25) is 0 Å². The van der Waals surface area contributed by atoms with Crippen molar-refractivity contribution in [2.75, 3.05) is 0 Å². The fraction of sp³-hybridized carbons (Fsp3) is 0.0625. The Morgan fingerprint density at radius 3 is 2.11 bits per heavy atom. The van der Waals surface area contributed by atoms with Gasteiger partial charge in [-0.25, -0.2) is 0 Å². The number of hydrogen-bond acceptors (Lipinski definition) is 2. The summed E-state index contributed by atoms with van der Waals surface area (Å²) in [5, 5.41) is 12.2. The Kier molecular flexibility index (Phi) is 2.30. The van der Waals surface area contributed by atoms with Crippen molar-refractivity contribution in [1.82, 2.24) is 0 Å². The third-order valence-electron chi connectivity index (χ3n) is 3.21. The van der Waals surface area contributed by atoms with Crippen LogP contribution in [-0.4, -0.2) is 5.78 Å². The summed E-state index contributed by atoms with van der Waals surface area (Å²) in [6.45, 7) is 1.97. The average Bonchev–Trinajstić information content (AvgIpc) is 2.64. The molecule has 0 heterocycles. The molecule has 0 unspecified atom stereocenters. The molecule has 0 saturated heterocycles. The third-order valence-corrected chi connectivity index (χ3v) is 3.21. The van der Waals surface area contributed by atoms with Gasteiger partial charge in [-0.15, -0.1) is 0 Å². The molecule has 0 radical (unpaired) electrons. The van der Waals surface area contributed by atoms with E-state index < -0.39 is 0 Å². The molecule has 0 N–H and O–H groups in total. The van der Waals surface area contributed by atoms with Gasteiger partial charge in [-0.1, -0.05) is 59.9 Å². The highest BCUT2D eigenvalue weighted by Gasteiger charge is 2.24. The van der Waals surface area contributed by atoms with Gasteiger partial charge >= 0.3 is 0 Å². The zero-order valence-corrected chi connectivity index (χ0v) is 9.94. The maximum atomic E-state index is 12.2. The fourth-order valence-corrected chi connectivity index (χ4v) is 2.23. The third kappa shape index (κ3) is 1.46. The summed E-state index contributed by atoms with van der Waals surface area (Å²) in [7, 11) is 0. The van der Waals surface area contributed by atoms with Gasteiger partial charge in [0.15, 0.2) is 5.78 Å². The van der Waals surface area contributed by atoms with E-state index in [9.17, 15) is 9.90 Å². The minimum atomic E-state index is -0.167. The van der Waals surface area contributed by atoms with Gasteiger partial charge in [0.1, 0.15) is 0 Å². The number of benzene rings is 2. The Labute approximate surface area is 105 Å². The lowest BCUT2D eigenvalue weighted by molar-refractivity contribution is -0.242. The van der Waals surface area contributed by atoms with Crippen molar-refractivity contribution < 1.29 is 9.90 Å². The normalized spacial score (nSPS) is 13.9. The van der Waals surface area contributed by atoms with E-state index in [0.29, 0.717) is 16.7 Å². The number of carbonyl (C=O) groups excluding carboxylic acids is 1. The van der Waals surface area contributed by atoms with Crippen molar-refractivity contribution in [2.24, 2.45) is 0 Å². The van der Waals surface area contributed by atoms with E-state index in [0.717, 1.165) is 5.56 Å². The highest BCUT2D eigenvalue weighted by molar-refractivity contribution is 6.38. The largest absolute Gasteiger partial charge is 0.872 e. The molecule has 0 aromatic heterocycles. The molecule has 0 amide bonds. The number of Topliss-reactive ketones (excluding diaryl/α,β-unsaturated/α-hetero) is 1. The zero-order chi connectivity index (χ0) is 12.7. The molecule has 2 aromatic rings. The second kappa shape index (κ2) is 3.84. The van der Waals surface area contributed by atoms with E-state index in [2.05, 4.69) is 0 Å². The maximum Gasteiger partial charge on any atom is 0.193 e. The molecule has 1 aliphatic carbocycles. The Morgan fingerprint density at radius 1 is 0.889 bits per heavy atom. The zero-order valence-electron chi connectivity index (χ0n) is 9.94. The van der Waals surface area contributed by atoms with Crippen molar-refractivity contribution in [2.45, 2.75) is 6.92 Å². The molecule has 18 heavy (non-hydrogen) atoms. The van der Waals surface area contributed by atoms with Gasteiger partial charge in [-0.05, 0) is 18.1 Å². The molecule has 0 fully saturated rings. The van der Waals surface area contributed by atoms with Gasteiger partial charge in [-0.2, -0.15) is 0 Å². The number of allylic oxidation sites excluding steroid dienone is 1. The van der Waals surface area contributed by atoms with Gasteiger partial charge in [-0.3, -0.25) is 4.79 Å². The Morgan fingerprint density at radius 2 is 1.50 bits per heavy atom. The Bertz CT molecular complexity index is 664. The van der Waals surface area contributed by atoms with Crippen LogP contribution in [0.15, 0.2) is 48.5 Å². The summed E-state index contributed by atoms with van der Waals surface area (Å²) in [5.41, 5.74) is 3.12. The molecule has 2 aromatic carbocycles. The molecule has 2 heteroatoms. The van der Waals surface area contributed by atoms with E-state index in [4.69, 9.17) is 0 Å². The van der Waals surface area contributed by atoms with Crippen LogP contribution in [0.25, 0.3) is 11.3 Å². The second-order valence-electron chi connectivity index (χ2n) is 4.44. The standard InChI is InChI=1S/C16H12O2/c1-10-6-8-11(9-7-10)14-15(17)12-4-2-3-5-13(12)16(14)18/h2-9,17H,1H3/p-1. The molecule has 0 aliphatic heterocycles. The fourth-order valence-electron chi connectivity index (χ4n) is 2.23. The smallest absolute Gasteiger partial charge is 0.193 e. The van der Waals surface area contributed by atoms with Gasteiger partial charge in [0.05, 0.1) is 0 Å². The van der Waals surface area contributed by atoms with Gasteiger partial charge < -0.3 is 5.11 Å². The first-order chi connectivity index (χ1) is 8.68. The minimum Gasteiger partial charge on any atom is -0.872 e. The molecular weight excluding hydrogens is 224 g/mol. The Hall–Kier alpha value is -2.35. The maximum absolute atomic E-state index is 12.2. The van der Waals surface area contributed by atoms with Crippen molar-refractivity contribution >= 4 is 17.1 Å². The molecule has 0 bridgehead atoms. The predicted octanol–water partition coefficient (Wildman–Crippen LogP) is 2.42. The molecule has 2 nitrogen and oxygen atoms in total. The molecule has 88 valence electrons. The van der Waals surface area contributed by atoms with Crippen LogP contribution in [0.5, 0.6) is 0 Å². The molecule has 0 spiro atoms. The first-order valence-corrected chi connectivity index (χ1v) is 5.81. The van der Waals surface area contributed by atoms with E-state index in [-0.39, 0.29) is 17.1 Å². The number of rotatable bonds is 1. The predicted molar refractivity (Wildman–Crippen MR) is 68.8 cm³/mol. The topological polar surface area (TPSA) is 40.1 Å². The lowest BCUT2D eigenvalue weighted by Crippen LogP contribution is -2.03. The summed E-state index contributed by atoms with van der Waals surface area (Å²) in [4.78, 5) is 12.2. The summed E-state index contributed by atoms with van der Waals surface area (Å²) >= 11 is 0. The highest BCUT2D eigenvalue weighted by atomic mass is 16.3. The van der Waals surface area contributed by atoms with Crippen molar-refractivity contribution in [3.63, 3.8) is 0 Å². The molecule has 0 atom stereocenters. The van der Waals surface area contributed by atoms with Gasteiger partial charge in [0, 0.05) is 11.1 Å². The number of carbonyl (C=O) groups is 1. The van der Waals surface area contributed by atoms with Crippen LogP contribution in [-0.2, 0) is 0 Å². The number of ketones is 1. The minimum absolute atomic E-state index is 0.167. The van der Waals surface area contributed by atoms with Crippen LogP contribution in [0, 0.1) is 6.92 Å². The lowest BCUT2D eigenvalue weighted by atomic mass is 10.0.